The van der Waals surface area contributed by atoms with Gasteiger partial charge in [0.15, 0.2) is 6.61 Å². The summed E-state index contributed by atoms with van der Waals surface area (Å²) in [7, 11) is 0. The first kappa shape index (κ1) is 15.7. The number of benzene rings is 1. The van der Waals surface area contributed by atoms with Crippen molar-refractivity contribution in [3.05, 3.63) is 47.2 Å². The van der Waals surface area contributed by atoms with Crippen LogP contribution in [0.4, 0.5) is 5.95 Å². The zero-order chi connectivity index (χ0) is 16.1. The van der Waals surface area contributed by atoms with Gasteiger partial charge in [-0.3, -0.25) is 4.79 Å². The summed E-state index contributed by atoms with van der Waals surface area (Å²) in [4.78, 5) is 24.6. The highest BCUT2D eigenvalue weighted by atomic mass is 79.9. The molecule has 23 heavy (non-hydrogen) atoms. The number of nitrogens with zero attached hydrogens (tertiary/aromatic N) is 4. The fourth-order valence-corrected chi connectivity index (χ4v) is 2.78. The van der Waals surface area contributed by atoms with Crippen LogP contribution in [0.1, 0.15) is 0 Å². The number of rotatable bonds is 4. The van der Waals surface area contributed by atoms with Crippen LogP contribution in [0.3, 0.4) is 0 Å². The van der Waals surface area contributed by atoms with E-state index in [9.17, 15) is 4.79 Å². The summed E-state index contributed by atoms with van der Waals surface area (Å²) in [5, 5.41) is 0. The smallest absolute Gasteiger partial charge is 0.260 e. The summed E-state index contributed by atoms with van der Waals surface area (Å²) in [6.07, 6.45) is 3.46. The molecule has 1 aliphatic heterocycles. The van der Waals surface area contributed by atoms with Crippen LogP contribution in [0.25, 0.3) is 0 Å². The molecule has 120 valence electrons. The second kappa shape index (κ2) is 7.41. The molecule has 2 aromatic rings. The fraction of sp³-hybridized carbons (Fsp3) is 0.312. The highest BCUT2D eigenvalue weighted by Gasteiger charge is 2.22. The summed E-state index contributed by atoms with van der Waals surface area (Å²) >= 11 is 3.38. The molecule has 1 aromatic heterocycles. The van der Waals surface area contributed by atoms with E-state index < -0.39 is 0 Å². The molecule has 0 spiro atoms. The topological polar surface area (TPSA) is 58.6 Å². The Labute approximate surface area is 143 Å². The molecule has 0 unspecified atom stereocenters. The van der Waals surface area contributed by atoms with Gasteiger partial charge in [0.05, 0.1) is 0 Å². The van der Waals surface area contributed by atoms with Crippen molar-refractivity contribution >= 4 is 27.8 Å². The quantitative estimate of drug-likeness (QED) is 0.816. The third-order valence-corrected chi connectivity index (χ3v) is 4.12. The molecule has 1 aliphatic rings. The molecule has 1 aromatic carbocycles. The average molecular weight is 377 g/mol. The summed E-state index contributed by atoms with van der Waals surface area (Å²) in [6, 6.07) is 9.27. The number of carbonyl (C=O) groups is 1. The van der Waals surface area contributed by atoms with Crippen molar-refractivity contribution in [2.45, 2.75) is 0 Å². The third-order valence-electron chi connectivity index (χ3n) is 3.63. The van der Waals surface area contributed by atoms with E-state index in [1.54, 1.807) is 18.5 Å². The first-order valence-electron chi connectivity index (χ1n) is 7.40. The molecular formula is C16H17BrN4O2. The van der Waals surface area contributed by atoms with Crippen LogP contribution >= 0.6 is 15.9 Å². The van der Waals surface area contributed by atoms with E-state index in [2.05, 4.69) is 30.8 Å². The molecule has 0 N–H and O–H groups in total. The van der Waals surface area contributed by atoms with Crippen LogP contribution < -0.4 is 9.64 Å². The minimum atomic E-state index is -0.00129. The standard InChI is InChI=1S/C16H17BrN4O2/c17-13-3-1-4-14(11-13)23-12-15(22)20-7-9-21(10-8-20)16-18-5-2-6-19-16/h1-6,11H,7-10,12H2. The van der Waals surface area contributed by atoms with Gasteiger partial charge in [0, 0.05) is 43.0 Å². The Morgan fingerprint density at radius 2 is 1.87 bits per heavy atom. The van der Waals surface area contributed by atoms with Gasteiger partial charge < -0.3 is 14.5 Å². The first-order chi connectivity index (χ1) is 11.2. The maximum atomic E-state index is 12.2. The van der Waals surface area contributed by atoms with E-state index in [1.807, 2.05) is 29.2 Å². The molecule has 0 radical (unpaired) electrons. The van der Waals surface area contributed by atoms with Crippen LogP contribution in [-0.2, 0) is 4.79 Å². The summed E-state index contributed by atoms with van der Waals surface area (Å²) < 4.78 is 6.48. The number of hydrogen-bond acceptors (Lipinski definition) is 5. The number of carbonyl (C=O) groups excluding carboxylic acids is 1. The number of amides is 1. The lowest BCUT2D eigenvalue weighted by Gasteiger charge is -2.34. The number of hydrogen-bond donors (Lipinski definition) is 0. The average Bonchev–Trinajstić information content (AvgIpc) is 2.61. The van der Waals surface area contributed by atoms with Crippen molar-refractivity contribution in [2.24, 2.45) is 0 Å². The monoisotopic (exact) mass is 376 g/mol. The Bertz CT molecular complexity index is 660. The van der Waals surface area contributed by atoms with Gasteiger partial charge in [-0.2, -0.15) is 0 Å². The van der Waals surface area contributed by atoms with Gasteiger partial charge >= 0.3 is 0 Å². The van der Waals surface area contributed by atoms with Crippen molar-refractivity contribution in [2.75, 3.05) is 37.7 Å². The van der Waals surface area contributed by atoms with E-state index in [-0.39, 0.29) is 12.5 Å². The summed E-state index contributed by atoms with van der Waals surface area (Å²) in [5.41, 5.74) is 0. The largest absolute Gasteiger partial charge is 0.484 e. The van der Waals surface area contributed by atoms with E-state index in [0.717, 1.165) is 17.6 Å². The van der Waals surface area contributed by atoms with Crippen molar-refractivity contribution in [3.8, 4) is 5.75 Å². The second-order valence-corrected chi connectivity index (χ2v) is 6.08. The van der Waals surface area contributed by atoms with Gasteiger partial charge in [-0.1, -0.05) is 22.0 Å². The Balaban J connectivity index is 1.48. The maximum Gasteiger partial charge on any atom is 0.260 e. The van der Waals surface area contributed by atoms with Gasteiger partial charge in [-0.15, -0.1) is 0 Å². The molecule has 2 heterocycles. The second-order valence-electron chi connectivity index (χ2n) is 5.16. The Morgan fingerprint density at radius 3 is 2.57 bits per heavy atom. The first-order valence-corrected chi connectivity index (χ1v) is 8.20. The Hall–Kier alpha value is -2.15. The SMILES string of the molecule is O=C(COc1cccc(Br)c1)N1CCN(c2ncccn2)CC1. The lowest BCUT2D eigenvalue weighted by molar-refractivity contribution is -0.133. The predicted molar refractivity (Wildman–Crippen MR) is 90.5 cm³/mol. The van der Waals surface area contributed by atoms with Crippen molar-refractivity contribution in [1.29, 1.82) is 0 Å². The number of halogens is 1. The van der Waals surface area contributed by atoms with Crippen LogP contribution in [0, 0.1) is 0 Å². The summed E-state index contributed by atoms with van der Waals surface area (Å²) in [5.74, 6) is 1.40. The lowest BCUT2D eigenvalue weighted by Crippen LogP contribution is -2.50. The molecule has 1 fully saturated rings. The van der Waals surface area contributed by atoms with Crippen molar-refractivity contribution < 1.29 is 9.53 Å². The van der Waals surface area contributed by atoms with Gasteiger partial charge in [-0.05, 0) is 24.3 Å². The van der Waals surface area contributed by atoms with Gasteiger partial charge in [-0.25, -0.2) is 9.97 Å². The molecule has 0 saturated carbocycles. The minimum Gasteiger partial charge on any atom is -0.484 e. The van der Waals surface area contributed by atoms with E-state index in [1.165, 1.54) is 0 Å². The van der Waals surface area contributed by atoms with E-state index in [0.29, 0.717) is 24.8 Å². The number of aromatic nitrogens is 2. The Kier molecular flexibility index (Phi) is 5.07. The number of anilines is 1. The molecule has 0 bridgehead atoms. The maximum absolute atomic E-state index is 12.2. The highest BCUT2D eigenvalue weighted by Crippen LogP contribution is 2.18. The van der Waals surface area contributed by atoms with Gasteiger partial charge in [0.2, 0.25) is 5.95 Å². The highest BCUT2D eigenvalue weighted by molar-refractivity contribution is 9.10. The number of piperazine rings is 1. The molecule has 0 aliphatic carbocycles. The summed E-state index contributed by atoms with van der Waals surface area (Å²) in [6.45, 7) is 2.81. The predicted octanol–water partition coefficient (Wildman–Crippen LogP) is 1.97. The molecule has 1 saturated heterocycles. The van der Waals surface area contributed by atoms with Crippen LogP contribution in [0.2, 0.25) is 0 Å². The zero-order valence-electron chi connectivity index (χ0n) is 12.6. The third kappa shape index (κ3) is 4.19. The van der Waals surface area contributed by atoms with E-state index >= 15 is 0 Å². The minimum absolute atomic E-state index is 0.00129. The van der Waals surface area contributed by atoms with Gasteiger partial charge in [0.25, 0.3) is 5.91 Å². The van der Waals surface area contributed by atoms with Gasteiger partial charge in [0.1, 0.15) is 5.75 Å². The van der Waals surface area contributed by atoms with Crippen LogP contribution in [0.5, 0.6) is 5.75 Å². The number of ether oxygens (including phenoxy) is 1. The van der Waals surface area contributed by atoms with E-state index in [4.69, 9.17) is 4.74 Å². The fourth-order valence-electron chi connectivity index (χ4n) is 2.40. The molecule has 6 nitrogen and oxygen atoms in total. The Morgan fingerprint density at radius 1 is 1.13 bits per heavy atom. The zero-order valence-corrected chi connectivity index (χ0v) is 14.1. The molecule has 7 heteroatoms. The van der Waals surface area contributed by atoms with Crippen LogP contribution in [0.15, 0.2) is 47.2 Å². The molecule has 3 rings (SSSR count). The lowest BCUT2D eigenvalue weighted by atomic mass is 10.3. The molecular weight excluding hydrogens is 360 g/mol. The van der Waals surface area contributed by atoms with Crippen molar-refractivity contribution in [1.82, 2.24) is 14.9 Å². The normalized spacial score (nSPS) is 14.7. The van der Waals surface area contributed by atoms with Crippen LogP contribution in [-0.4, -0.2) is 53.6 Å². The van der Waals surface area contributed by atoms with Crippen molar-refractivity contribution in [3.63, 3.8) is 0 Å². The molecule has 0 atom stereocenters. The molecule has 1 amide bonds.